The molecule has 0 radical (unpaired) electrons. The van der Waals surface area contributed by atoms with Crippen molar-refractivity contribution in [1.82, 2.24) is 10.3 Å². The summed E-state index contributed by atoms with van der Waals surface area (Å²) in [5.41, 5.74) is 2.09. The van der Waals surface area contributed by atoms with Crippen LogP contribution in [0.15, 0.2) is 24.3 Å². The van der Waals surface area contributed by atoms with Gasteiger partial charge in [-0.3, -0.25) is 0 Å². The lowest BCUT2D eigenvalue weighted by Gasteiger charge is -2.22. The number of fused-ring (bicyclic) bond motifs is 1. The first-order valence-electron chi connectivity index (χ1n) is 7.27. The van der Waals surface area contributed by atoms with Gasteiger partial charge >= 0.3 is 0 Å². The quantitative estimate of drug-likeness (QED) is 0.906. The van der Waals surface area contributed by atoms with Crippen LogP contribution in [0.5, 0.6) is 0 Å². The number of aromatic nitrogens is 1. The van der Waals surface area contributed by atoms with Crippen molar-refractivity contribution in [2.75, 3.05) is 6.54 Å². The summed E-state index contributed by atoms with van der Waals surface area (Å²) in [7, 11) is 0. The van der Waals surface area contributed by atoms with Gasteiger partial charge in [-0.2, -0.15) is 0 Å². The minimum Gasteiger partial charge on any atom is -0.309 e. The fourth-order valence-corrected chi connectivity index (χ4v) is 3.90. The summed E-state index contributed by atoms with van der Waals surface area (Å²) in [5.74, 6) is -0.198. The molecule has 1 aromatic heterocycles. The number of aryl methyl sites for hydroxylation is 1. The van der Waals surface area contributed by atoms with Gasteiger partial charge < -0.3 is 5.32 Å². The summed E-state index contributed by atoms with van der Waals surface area (Å²) < 4.78 is 13.3. The van der Waals surface area contributed by atoms with Crippen LogP contribution in [0.1, 0.15) is 42.8 Å². The Morgan fingerprint density at radius 2 is 2.35 bits per heavy atom. The molecular formula is C16H19FN2S. The normalized spacial score (nSPS) is 18.0. The third kappa shape index (κ3) is 2.76. The Morgan fingerprint density at radius 1 is 1.45 bits per heavy atom. The molecule has 1 atom stereocenters. The second-order valence-corrected chi connectivity index (χ2v) is 6.27. The van der Waals surface area contributed by atoms with Gasteiger partial charge in [-0.1, -0.05) is 19.1 Å². The highest BCUT2D eigenvalue weighted by atomic mass is 32.1. The molecule has 2 aromatic rings. The van der Waals surface area contributed by atoms with Crippen LogP contribution < -0.4 is 5.32 Å². The van der Waals surface area contributed by atoms with Gasteiger partial charge in [-0.25, -0.2) is 9.37 Å². The molecule has 0 amide bonds. The third-order valence-electron chi connectivity index (χ3n) is 3.66. The molecule has 1 aliphatic carbocycles. The van der Waals surface area contributed by atoms with Crippen molar-refractivity contribution in [3.63, 3.8) is 0 Å². The molecule has 2 nitrogen and oxygen atoms in total. The number of rotatable bonds is 4. The van der Waals surface area contributed by atoms with E-state index in [1.807, 2.05) is 6.07 Å². The Hall–Kier alpha value is -1.26. The van der Waals surface area contributed by atoms with Crippen molar-refractivity contribution in [3.8, 4) is 10.6 Å². The zero-order valence-electron chi connectivity index (χ0n) is 11.7. The highest BCUT2D eigenvalue weighted by molar-refractivity contribution is 7.15. The van der Waals surface area contributed by atoms with Gasteiger partial charge in [0.05, 0.1) is 5.69 Å². The maximum absolute atomic E-state index is 13.3. The summed E-state index contributed by atoms with van der Waals surface area (Å²) in [6.45, 7) is 3.22. The van der Waals surface area contributed by atoms with Gasteiger partial charge in [0.15, 0.2) is 0 Å². The van der Waals surface area contributed by atoms with Gasteiger partial charge in [0, 0.05) is 16.5 Å². The van der Waals surface area contributed by atoms with Crippen LogP contribution in [0.3, 0.4) is 0 Å². The van der Waals surface area contributed by atoms with Crippen LogP contribution in [0.4, 0.5) is 4.39 Å². The molecule has 106 valence electrons. The molecule has 0 bridgehead atoms. The minimum absolute atomic E-state index is 0.198. The van der Waals surface area contributed by atoms with Crippen molar-refractivity contribution < 1.29 is 4.39 Å². The molecule has 0 fully saturated rings. The molecule has 1 aliphatic rings. The van der Waals surface area contributed by atoms with Crippen molar-refractivity contribution in [2.24, 2.45) is 0 Å². The van der Waals surface area contributed by atoms with Crippen LogP contribution in [0.25, 0.3) is 10.6 Å². The fraction of sp³-hybridized carbons (Fsp3) is 0.438. The monoisotopic (exact) mass is 290 g/mol. The van der Waals surface area contributed by atoms with Crippen LogP contribution >= 0.6 is 11.3 Å². The molecule has 0 aliphatic heterocycles. The van der Waals surface area contributed by atoms with E-state index in [1.54, 1.807) is 23.5 Å². The van der Waals surface area contributed by atoms with E-state index >= 15 is 0 Å². The van der Waals surface area contributed by atoms with Crippen LogP contribution in [0, 0.1) is 5.82 Å². The van der Waals surface area contributed by atoms with E-state index in [-0.39, 0.29) is 5.82 Å². The smallest absolute Gasteiger partial charge is 0.124 e. The van der Waals surface area contributed by atoms with Crippen LogP contribution in [0.2, 0.25) is 0 Å². The molecule has 0 saturated heterocycles. The van der Waals surface area contributed by atoms with E-state index in [0.29, 0.717) is 6.04 Å². The van der Waals surface area contributed by atoms with E-state index in [4.69, 9.17) is 4.98 Å². The maximum atomic E-state index is 13.3. The molecule has 1 heterocycles. The lowest BCUT2D eigenvalue weighted by molar-refractivity contribution is 0.465. The van der Waals surface area contributed by atoms with Gasteiger partial charge in [-0.05, 0) is 44.4 Å². The standard InChI is InChI=1S/C16H19FN2S/c1-2-9-18-13-7-4-8-14-15(13)20-16(19-14)11-5-3-6-12(17)10-11/h3,5-6,10,13,18H,2,4,7-9H2,1H3. The predicted molar refractivity (Wildman–Crippen MR) is 81.5 cm³/mol. The molecule has 0 spiro atoms. The first-order chi connectivity index (χ1) is 9.78. The molecule has 1 aromatic carbocycles. The predicted octanol–water partition coefficient (Wildman–Crippen LogP) is 4.33. The minimum atomic E-state index is -0.198. The lowest BCUT2D eigenvalue weighted by atomic mass is 9.98. The summed E-state index contributed by atoms with van der Waals surface area (Å²) in [6.07, 6.45) is 4.55. The number of benzene rings is 1. The van der Waals surface area contributed by atoms with Gasteiger partial charge in [-0.15, -0.1) is 11.3 Å². The second-order valence-electron chi connectivity index (χ2n) is 5.24. The first-order valence-corrected chi connectivity index (χ1v) is 8.08. The molecule has 1 unspecified atom stereocenters. The SMILES string of the molecule is CCCNC1CCCc2nc(-c3cccc(F)c3)sc21. The fourth-order valence-electron chi connectivity index (χ4n) is 2.68. The Bertz CT molecular complexity index is 594. The number of hydrogen-bond donors (Lipinski definition) is 1. The average Bonchev–Trinajstić information content (AvgIpc) is 2.89. The van der Waals surface area contributed by atoms with E-state index < -0.39 is 0 Å². The maximum Gasteiger partial charge on any atom is 0.124 e. The molecule has 1 N–H and O–H groups in total. The topological polar surface area (TPSA) is 24.9 Å². The number of thiazole rings is 1. The average molecular weight is 290 g/mol. The summed E-state index contributed by atoms with van der Waals surface area (Å²) in [6, 6.07) is 7.15. The highest BCUT2D eigenvalue weighted by Gasteiger charge is 2.24. The van der Waals surface area contributed by atoms with Crippen LogP contribution in [-0.4, -0.2) is 11.5 Å². The Morgan fingerprint density at radius 3 is 3.15 bits per heavy atom. The second kappa shape index (κ2) is 6.02. The summed E-state index contributed by atoms with van der Waals surface area (Å²) >= 11 is 1.72. The lowest BCUT2D eigenvalue weighted by Crippen LogP contribution is -2.24. The van der Waals surface area contributed by atoms with Gasteiger partial charge in [0.1, 0.15) is 10.8 Å². The van der Waals surface area contributed by atoms with E-state index in [2.05, 4.69) is 12.2 Å². The Kier molecular flexibility index (Phi) is 4.13. The number of halogens is 1. The van der Waals surface area contributed by atoms with Crippen molar-refractivity contribution >= 4 is 11.3 Å². The number of nitrogens with one attached hydrogen (secondary N) is 1. The molecule has 3 rings (SSSR count). The highest BCUT2D eigenvalue weighted by Crippen LogP contribution is 2.37. The largest absolute Gasteiger partial charge is 0.309 e. The van der Waals surface area contributed by atoms with Crippen molar-refractivity contribution in [2.45, 2.75) is 38.6 Å². The van der Waals surface area contributed by atoms with E-state index in [0.717, 1.165) is 30.0 Å². The van der Waals surface area contributed by atoms with Crippen LogP contribution in [-0.2, 0) is 6.42 Å². The van der Waals surface area contributed by atoms with Crippen molar-refractivity contribution in [3.05, 3.63) is 40.7 Å². The molecule has 4 heteroatoms. The molecule has 20 heavy (non-hydrogen) atoms. The Labute approximate surface area is 123 Å². The van der Waals surface area contributed by atoms with E-state index in [1.165, 1.54) is 29.5 Å². The third-order valence-corrected chi connectivity index (χ3v) is 4.92. The van der Waals surface area contributed by atoms with Crippen molar-refractivity contribution in [1.29, 1.82) is 0 Å². The van der Waals surface area contributed by atoms with Gasteiger partial charge in [0.25, 0.3) is 0 Å². The van der Waals surface area contributed by atoms with E-state index in [9.17, 15) is 4.39 Å². The van der Waals surface area contributed by atoms with Gasteiger partial charge in [0.2, 0.25) is 0 Å². The zero-order chi connectivity index (χ0) is 13.9. The molecule has 0 saturated carbocycles. The number of nitrogens with zero attached hydrogens (tertiary/aromatic N) is 1. The molecular weight excluding hydrogens is 271 g/mol. The summed E-state index contributed by atoms with van der Waals surface area (Å²) in [4.78, 5) is 6.08. The first kappa shape index (κ1) is 13.7. The zero-order valence-corrected chi connectivity index (χ0v) is 12.5. The Balaban J connectivity index is 1.91. The summed E-state index contributed by atoms with van der Waals surface area (Å²) in [5, 5.41) is 4.54. The number of hydrogen-bond acceptors (Lipinski definition) is 3.